The number of guanidine groups is 1. The van der Waals surface area contributed by atoms with E-state index in [0.29, 0.717) is 0 Å². The zero-order valence-electron chi connectivity index (χ0n) is 15.5. The van der Waals surface area contributed by atoms with Crippen LogP contribution in [-0.2, 0) is 13.1 Å². The van der Waals surface area contributed by atoms with E-state index in [1.165, 1.54) is 24.2 Å². The van der Waals surface area contributed by atoms with Crippen LogP contribution in [0.25, 0.3) is 0 Å². The van der Waals surface area contributed by atoms with E-state index < -0.39 is 0 Å². The Morgan fingerprint density at radius 3 is 2.08 bits per heavy atom. The number of benzene rings is 1. The summed E-state index contributed by atoms with van der Waals surface area (Å²) in [5, 5.41) is 6.58. The maximum atomic E-state index is 4.72. The number of aliphatic imine (C=N–C) groups is 1. The molecule has 0 bridgehead atoms. The number of hydrogen-bond acceptors (Lipinski definition) is 3. The highest BCUT2D eigenvalue weighted by atomic mass is 15.3. The van der Waals surface area contributed by atoms with Crippen molar-refractivity contribution in [2.45, 2.75) is 33.9 Å². The molecule has 0 aliphatic carbocycles. The summed E-state index contributed by atoms with van der Waals surface area (Å²) in [6.07, 6.45) is 0. The molecule has 0 amide bonds. The standard InChI is InChI=1S/C19H33N5/c1-4-20-19(21-5-2)22-15-17-9-7-8-10-18(17)16-24-13-11-23(6-3)12-14-24/h7-10H,4-6,11-16H2,1-3H3,(H2,20,21,22). The van der Waals surface area contributed by atoms with Crippen LogP contribution < -0.4 is 10.6 Å². The molecular formula is C19H33N5. The van der Waals surface area contributed by atoms with Gasteiger partial charge in [0.05, 0.1) is 6.54 Å². The van der Waals surface area contributed by atoms with E-state index in [1.54, 1.807) is 0 Å². The third-order valence-electron chi connectivity index (χ3n) is 4.52. The maximum absolute atomic E-state index is 4.72. The Kier molecular flexibility index (Phi) is 8.05. The fourth-order valence-electron chi connectivity index (χ4n) is 3.04. The zero-order valence-corrected chi connectivity index (χ0v) is 15.5. The molecule has 1 aromatic carbocycles. The maximum Gasteiger partial charge on any atom is 0.191 e. The Morgan fingerprint density at radius 2 is 1.50 bits per heavy atom. The van der Waals surface area contributed by atoms with E-state index in [2.05, 4.69) is 65.5 Å². The van der Waals surface area contributed by atoms with Crippen molar-refractivity contribution < 1.29 is 0 Å². The quantitative estimate of drug-likeness (QED) is 0.592. The van der Waals surface area contributed by atoms with Crippen LogP contribution >= 0.6 is 0 Å². The number of rotatable bonds is 7. The van der Waals surface area contributed by atoms with Crippen LogP contribution in [0.1, 0.15) is 31.9 Å². The van der Waals surface area contributed by atoms with Crippen molar-refractivity contribution in [3.8, 4) is 0 Å². The van der Waals surface area contributed by atoms with Crippen molar-refractivity contribution in [1.29, 1.82) is 0 Å². The lowest BCUT2D eigenvalue weighted by Gasteiger charge is -2.34. The zero-order chi connectivity index (χ0) is 17.2. The molecule has 0 spiro atoms. The minimum Gasteiger partial charge on any atom is -0.357 e. The van der Waals surface area contributed by atoms with Gasteiger partial charge in [-0.05, 0) is 31.5 Å². The van der Waals surface area contributed by atoms with Gasteiger partial charge in [-0.2, -0.15) is 0 Å². The minimum atomic E-state index is 0.723. The summed E-state index contributed by atoms with van der Waals surface area (Å²) in [5.74, 6) is 0.895. The molecule has 5 heteroatoms. The summed E-state index contributed by atoms with van der Waals surface area (Å²) in [7, 11) is 0. The van der Waals surface area contributed by atoms with E-state index in [4.69, 9.17) is 4.99 Å². The van der Waals surface area contributed by atoms with Gasteiger partial charge in [0.1, 0.15) is 0 Å². The molecular weight excluding hydrogens is 298 g/mol. The van der Waals surface area contributed by atoms with Gasteiger partial charge in [0.15, 0.2) is 5.96 Å². The Labute approximate surface area is 147 Å². The third-order valence-corrected chi connectivity index (χ3v) is 4.52. The largest absolute Gasteiger partial charge is 0.357 e. The first-order chi connectivity index (χ1) is 11.8. The van der Waals surface area contributed by atoms with E-state index in [1.807, 2.05) is 0 Å². The lowest BCUT2D eigenvalue weighted by molar-refractivity contribution is 0.131. The van der Waals surface area contributed by atoms with Crippen LogP contribution in [0.4, 0.5) is 0 Å². The van der Waals surface area contributed by atoms with Gasteiger partial charge in [-0.3, -0.25) is 4.90 Å². The summed E-state index contributed by atoms with van der Waals surface area (Å²) in [5.41, 5.74) is 2.72. The number of nitrogens with one attached hydrogen (secondary N) is 2. The average Bonchev–Trinajstić information content (AvgIpc) is 2.62. The first-order valence-electron chi connectivity index (χ1n) is 9.30. The molecule has 5 nitrogen and oxygen atoms in total. The first kappa shape index (κ1) is 18.7. The predicted octanol–water partition coefficient (Wildman–Crippen LogP) is 1.90. The lowest BCUT2D eigenvalue weighted by atomic mass is 10.1. The molecule has 1 aliphatic heterocycles. The Morgan fingerprint density at radius 1 is 0.917 bits per heavy atom. The molecule has 1 aliphatic rings. The highest BCUT2D eigenvalue weighted by molar-refractivity contribution is 5.79. The molecule has 0 atom stereocenters. The summed E-state index contributed by atoms with van der Waals surface area (Å²) in [6.45, 7) is 15.8. The molecule has 1 saturated heterocycles. The van der Waals surface area contributed by atoms with Crippen LogP contribution in [0.2, 0.25) is 0 Å². The van der Waals surface area contributed by atoms with Crippen LogP contribution in [0, 0.1) is 0 Å². The monoisotopic (exact) mass is 331 g/mol. The summed E-state index contributed by atoms with van der Waals surface area (Å²) >= 11 is 0. The van der Waals surface area contributed by atoms with Gasteiger partial charge in [0.2, 0.25) is 0 Å². The second-order valence-electron chi connectivity index (χ2n) is 6.20. The molecule has 2 rings (SSSR count). The van der Waals surface area contributed by atoms with Gasteiger partial charge in [0.25, 0.3) is 0 Å². The van der Waals surface area contributed by atoms with Crippen molar-refractivity contribution in [2.24, 2.45) is 4.99 Å². The molecule has 2 N–H and O–H groups in total. The molecule has 1 fully saturated rings. The van der Waals surface area contributed by atoms with Gasteiger partial charge in [-0.1, -0.05) is 31.2 Å². The Hall–Kier alpha value is -1.59. The summed E-state index contributed by atoms with van der Waals surface area (Å²) in [6, 6.07) is 8.71. The smallest absolute Gasteiger partial charge is 0.191 e. The fourth-order valence-corrected chi connectivity index (χ4v) is 3.04. The molecule has 0 radical (unpaired) electrons. The lowest BCUT2D eigenvalue weighted by Crippen LogP contribution is -2.45. The van der Waals surface area contributed by atoms with E-state index in [0.717, 1.165) is 51.8 Å². The third kappa shape index (κ3) is 5.80. The van der Waals surface area contributed by atoms with E-state index in [9.17, 15) is 0 Å². The topological polar surface area (TPSA) is 42.9 Å². The molecule has 0 unspecified atom stereocenters. The second kappa shape index (κ2) is 10.3. The van der Waals surface area contributed by atoms with E-state index >= 15 is 0 Å². The highest BCUT2D eigenvalue weighted by Crippen LogP contribution is 2.14. The van der Waals surface area contributed by atoms with Gasteiger partial charge < -0.3 is 15.5 Å². The molecule has 1 heterocycles. The van der Waals surface area contributed by atoms with Gasteiger partial charge in [0, 0.05) is 45.8 Å². The van der Waals surface area contributed by atoms with Crippen LogP contribution in [0.5, 0.6) is 0 Å². The Balaban J connectivity index is 1.98. The van der Waals surface area contributed by atoms with Crippen molar-refractivity contribution >= 4 is 5.96 Å². The number of piperazine rings is 1. The van der Waals surface area contributed by atoms with Gasteiger partial charge in [-0.25, -0.2) is 4.99 Å². The molecule has 1 aromatic rings. The van der Waals surface area contributed by atoms with Crippen molar-refractivity contribution in [1.82, 2.24) is 20.4 Å². The van der Waals surface area contributed by atoms with Crippen molar-refractivity contribution in [3.63, 3.8) is 0 Å². The van der Waals surface area contributed by atoms with Crippen molar-refractivity contribution in [2.75, 3.05) is 45.8 Å². The van der Waals surface area contributed by atoms with Gasteiger partial charge >= 0.3 is 0 Å². The minimum absolute atomic E-state index is 0.723. The Bertz CT molecular complexity index is 498. The highest BCUT2D eigenvalue weighted by Gasteiger charge is 2.16. The SMILES string of the molecule is CCNC(=NCc1ccccc1CN1CCN(CC)CC1)NCC. The average molecular weight is 332 g/mol. The number of hydrogen-bond donors (Lipinski definition) is 2. The first-order valence-corrected chi connectivity index (χ1v) is 9.30. The molecule has 0 aromatic heterocycles. The molecule has 0 saturated carbocycles. The van der Waals surface area contributed by atoms with Crippen LogP contribution in [-0.4, -0.2) is 61.6 Å². The summed E-state index contributed by atoms with van der Waals surface area (Å²) in [4.78, 5) is 9.80. The number of likely N-dealkylation sites (N-methyl/N-ethyl adjacent to an activating group) is 1. The van der Waals surface area contributed by atoms with Crippen LogP contribution in [0.15, 0.2) is 29.3 Å². The molecule has 134 valence electrons. The number of nitrogens with zero attached hydrogens (tertiary/aromatic N) is 3. The van der Waals surface area contributed by atoms with Gasteiger partial charge in [-0.15, -0.1) is 0 Å². The molecule has 24 heavy (non-hydrogen) atoms. The van der Waals surface area contributed by atoms with Crippen LogP contribution in [0.3, 0.4) is 0 Å². The summed E-state index contributed by atoms with van der Waals surface area (Å²) < 4.78 is 0. The fraction of sp³-hybridized carbons (Fsp3) is 0.632. The second-order valence-corrected chi connectivity index (χ2v) is 6.20. The van der Waals surface area contributed by atoms with E-state index in [-0.39, 0.29) is 0 Å². The van der Waals surface area contributed by atoms with Crippen molar-refractivity contribution in [3.05, 3.63) is 35.4 Å². The predicted molar refractivity (Wildman–Crippen MR) is 102 cm³/mol. The normalized spacial score (nSPS) is 16.0.